The normalized spacial score (nSPS) is 10.5. The number of aliphatic hydroxyl groups is 1. The minimum atomic E-state index is 0.113. The summed E-state index contributed by atoms with van der Waals surface area (Å²) in [6.07, 6.45) is 2.18. The number of unbranched alkanes of at least 4 members (excludes halogenated alkanes) is 1. The van der Waals surface area contributed by atoms with Crippen molar-refractivity contribution in [3.05, 3.63) is 11.9 Å². The molecule has 0 saturated heterocycles. The molecule has 2 N–H and O–H groups in total. The number of hydrogen-bond acceptors (Lipinski definition) is 6. The van der Waals surface area contributed by atoms with E-state index in [4.69, 9.17) is 4.74 Å². The molecule has 19 heavy (non-hydrogen) atoms. The number of anilines is 2. The van der Waals surface area contributed by atoms with Crippen molar-refractivity contribution in [1.82, 2.24) is 9.97 Å². The highest BCUT2D eigenvalue weighted by molar-refractivity contribution is 5.49. The van der Waals surface area contributed by atoms with Gasteiger partial charge in [-0.2, -0.15) is 0 Å². The van der Waals surface area contributed by atoms with Crippen LogP contribution in [0.2, 0.25) is 0 Å². The van der Waals surface area contributed by atoms with E-state index in [1.807, 2.05) is 13.1 Å². The second-order valence-electron chi connectivity index (χ2n) is 4.27. The van der Waals surface area contributed by atoms with Crippen LogP contribution in [-0.2, 0) is 11.3 Å². The summed E-state index contributed by atoms with van der Waals surface area (Å²) in [7, 11) is 3.45. The van der Waals surface area contributed by atoms with Crippen LogP contribution in [0, 0.1) is 0 Å². The van der Waals surface area contributed by atoms with Gasteiger partial charge in [-0.3, -0.25) is 0 Å². The van der Waals surface area contributed by atoms with Gasteiger partial charge < -0.3 is 20.1 Å². The zero-order chi connectivity index (χ0) is 14.1. The van der Waals surface area contributed by atoms with Gasteiger partial charge in [0.15, 0.2) is 5.82 Å². The van der Waals surface area contributed by atoms with E-state index in [0.29, 0.717) is 19.0 Å². The summed E-state index contributed by atoms with van der Waals surface area (Å²) in [5.74, 6) is 2.23. The maximum Gasteiger partial charge on any atom is 0.158 e. The lowest BCUT2D eigenvalue weighted by Gasteiger charge is -2.23. The van der Waals surface area contributed by atoms with Crippen molar-refractivity contribution in [1.29, 1.82) is 0 Å². The highest BCUT2D eigenvalue weighted by Gasteiger charge is 2.10. The van der Waals surface area contributed by atoms with Gasteiger partial charge in [-0.25, -0.2) is 9.97 Å². The Morgan fingerprint density at radius 3 is 2.74 bits per heavy atom. The van der Waals surface area contributed by atoms with Gasteiger partial charge in [0.2, 0.25) is 0 Å². The Morgan fingerprint density at radius 2 is 2.16 bits per heavy atom. The quantitative estimate of drug-likeness (QED) is 0.702. The van der Waals surface area contributed by atoms with Crippen molar-refractivity contribution in [2.24, 2.45) is 0 Å². The molecule has 108 valence electrons. The van der Waals surface area contributed by atoms with E-state index < -0.39 is 0 Å². The monoisotopic (exact) mass is 268 g/mol. The van der Waals surface area contributed by atoms with Crippen LogP contribution < -0.4 is 10.2 Å². The van der Waals surface area contributed by atoms with Crippen molar-refractivity contribution < 1.29 is 9.84 Å². The first-order valence-corrected chi connectivity index (χ1v) is 6.65. The summed E-state index contributed by atoms with van der Waals surface area (Å²) >= 11 is 0. The smallest absolute Gasteiger partial charge is 0.158 e. The predicted octanol–water partition coefficient (Wildman–Crippen LogP) is 1.26. The fourth-order valence-corrected chi connectivity index (χ4v) is 1.78. The van der Waals surface area contributed by atoms with Gasteiger partial charge >= 0.3 is 0 Å². The molecule has 0 fully saturated rings. The number of aliphatic hydroxyl groups excluding tert-OH is 1. The molecule has 1 aromatic heterocycles. The first-order valence-electron chi connectivity index (χ1n) is 6.65. The minimum absolute atomic E-state index is 0.113. The van der Waals surface area contributed by atoms with Gasteiger partial charge in [0, 0.05) is 33.3 Å². The van der Waals surface area contributed by atoms with Crippen LogP contribution in [-0.4, -0.2) is 48.9 Å². The molecule has 0 atom stereocenters. The lowest BCUT2D eigenvalue weighted by Crippen LogP contribution is -2.29. The molecule has 0 amide bonds. The van der Waals surface area contributed by atoms with E-state index in [9.17, 15) is 5.11 Å². The van der Waals surface area contributed by atoms with Crippen molar-refractivity contribution in [2.45, 2.75) is 26.4 Å². The maximum absolute atomic E-state index is 9.17. The highest BCUT2D eigenvalue weighted by atomic mass is 16.5. The standard InChI is InChI=1S/C13H24N4O2/c1-4-5-6-17(7-8-18)13-9-11(14-2)15-12(16-13)10-19-3/h9,18H,4-8,10H2,1-3H3,(H,14,15,16). The van der Waals surface area contributed by atoms with Gasteiger partial charge in [-0.1, -0.05) is 13.3 Å². The predicted molar refractivity (Wildman–Crippen MR) is 76.5 cm³/mol. The number of methoxy groups -OCH3 is 1. The van der Waals surface area contributed by atoms with Gasteiger partial charge in [0.25, 0.3) is 0 Å². The summed E-state index contributed by atoms with van der Waals surface area (Å²) in [6, 6.07) is 1.89. The number of aromatic nitrogens is 2. The van der Waals surface area contributed by atoms with Crippen molar-refractivity contribution >= 4 is 11.6 Å². The molecular weight excluding hydrogens is 244 g/mol. The van der Waals surface area contributed by atoms with Crippen LogP contribution in [0.15, 0.2) is 6.07 Å². The molecule has 0 saturated carbocycles. The molecule has 6 nitrogen and oxygen atoms in total. The lowest BCUT2D eigenvalue weighted by molar-refractivity contribution is 0.178. The Bertz CT molecular complexity index is 374. The van der Waals surface area contributed by atoms with Crippen LogP contribution in [0.5, 0.6) is 0 Å². The molecule has 0 aromatic carbocycles. The van der Waals surface area contributed by atoms with Crippen molar-refractivity contribution in [3.63, 3.8) is 0 Å². The van der Waals surface area contributed by atoms with Crippen LogP contribution in [0.4, 0.5) is 11.6 Å². The number of hydrogen-bond donors (Lipinski definition) is 2. The summed E-state index contributed by atoms with van der Waals surface area (Å²) in [5, 5.41) is 12.2. The van der Waals surface area contributed by atoms with E-state index in [0.717, 1.165) is 31.0 Å². The summed E-state index contributed by atoms with van der Waals surface area (Å²) in [6.45, 7) is 4.09. The fourth-order valence-electron chi connectivity index (χ4n) is 1.78. The minimum Gasteiger partial charge on any atom is -0.395 e. The number of nitrogens with zero attached hydrogens (tertiary/aromatic N) is 3. The topological polar surface area (TPSA) is 70.5 Å². The third-order valence-corrected chi connectivity index (χ3v) is 2.76. The zero-order valence-corrected chi connectivity index (χ0v) is 12.0. The van der Waals surface area contributed by atoms with E-state index in [-0.39, 0.29) is 6.61 Å². The summed E-state index contributed by atoms with van der Waals surface area (Å²) in [5.41, 5.74) is 0. The number of rotatable bonds is 9. The number of nitrogens with one attached hydrogen (secondary N) is 1. The average molecular weight is 268 g/mol. The Labute approximate surface area is 114 Å². The van der Waals surface area contributed by atoms with E-state index in [1.165, 1.54) is 0 Å². The molecule has 1 heterocycles. The molecule has 0 bridgehead atoms. The molecule has 6 heteroatoms. The second kappa shape index (κ2) is 8.66. The third-order valence-electron chi connectivity index (χ3n) is 2.76. The first-order chi connectivity index (χ1) is 9.24. The van der Waals surface area contributed by atoms with Gasteiger partial charge in [-0.05, 0) is 6.42 Å². The molecule has 0 radical (unpaired) electrons. The molecule has 0 aliphatic rings. The van der Waals surface area contributed by atoms with E-state index in [1.54, 1.807) is 7.11 Å². The van der Waals surface area contributed by atoms with Gasteiger partial charge in [-0.15, -0.1) is 0 Å². The van der Waals surface area contributed by atoms with Crippen molar-refractivity contribution in [2.75, 3.05) is 44.1 Å². The Morgan fingerprint density at radius 1 is 1.37 bits per heavy atom. The van der Waals surface area contributed by atoms with Crippen LogP contribution in [0.1, 0.15) is 25.6 Å². The molecule has 0 aliphatic heterocycles. The highest BCUT2D eigenvalue weighted by Crippen LogP contribution is 2.16. The molecule has 0 aliphatic carbocycles. The maximum atomic E-state index is 9.17. The Balaban J connectivity index is 2.95. The average Bonchev–Trinajstić information content (AvgIpc) is 2.43. The summed E-state index contributed by atoms with van der Waals surface area (Å²) < 4.78 is 5.08. The molecule has 0 spiro atoms. The van der Waals surface area contributed by atoms with Gasteiger partial charge in [0.05, 0.1) is 6.61 Å². The van der Waals surface area contributed by atoms with E-state index >= 15 is 0 Å². The third kappa shape index (κ3) is 5.00. The first kappa shape index (κ1) is 15.7. The zero-order valence-electron chi connectivity index (χ0n) is 12.0. The van der Waals surface area contributed by atoms with Crippen LogP contribution in [0.25, 0.3) is 0 Å². The Kier molecular flexibility index (Phi) is 7.14. The molecule has 1 aromatic rings. The van der Waals surface area contributed by atoms with Crippen LogP contribution >= 0.6 is 0 Å². The molecule has 0 unspecified atom stereocenters. The van der Waals surface area contributed by atoms with Gasteiger partial charge in [0.1, 0.15) is 18.2 Å². The van der Waals surface area contributed by atoms with E-state index in [2.05, 4.69) is 27.1 Å². The summed E-state index contributed by atoms with van der Waals surface area (Å²) in [4.78, 5) is 10.9. The Hall–Kier alpha value is -1.40. The molecular formula is C13H24N4O2. The fraction of sp³-hybridized carbons (Fsp3) is 0.692. The SMILES string of the molecule is CCCCN(CCO)c1cc(NC)nc(COC)n1. The largest absolute Gasteiger partial charge is 0.395 e. The molecule has 1 rings (SSSR count). The van der Waals surface area contributed by atoms with Crippen LogP contribution in [0.3, 0.4) is 0 Å². The lowest BCUT2D eigenvalue weighted by atomic mass is 10.3. The second-order valence-corrected chi connectivity index (χ2v) is 4.27. The number of ether oxygens (including phenoxy) is 1. The van der Waals surface area contributed by atoms with Crippen molar-refractivity contribution in [3.8, 4) is 0 Å².